The Morgan fingerprint density at radius 1 is 1.00 bits per heavy atom. The van der Waals surface area contributed by atoms with E-state index < -0.39 is 0 Å². The van der Waals surface area contributed by atoms with E-state index in [4.69, 9.17) is 4.74 Å². The molecule has 0 aromatic heterocycles. The molecule has 52 valence electrons. The molecule has 1 aliphatic heterocycles. The van der Waals surface area contributed by atoms with Crippen LogP contribution in [0.4, 0.5) is 0 Å². The van der Waals surface area contributed by atoms with E-state index in [-0.39, 0.29) is 0 Å². The largest absolute Gasteiger partial charge is 0.370 e. The van der Waals surface area contributed by atoms with Crippen LogP contribution in [0.15, 0.2) is 0 Å². The molecule has 3 heteroatoms. The van der Waals surface area contributed by atoms with Crippen LogP contribution in [-0.2, 0) is 4.74 Å². The highest BCUT2D eigenvalue weighted by Gasteiger charge is 2.46. The lowest BCUT2D eigenvalue weighted by molar-refractivity contribution is 0.373. The van der Waals surface area contributed by atoms with E-state index in [0.717, 1.165) is 0 Å². The molecule has 0 spiro atoms. The maximum Gasteiger partial charge on any atom is 0.0853 e. The number of alkyl halides is 2. The molecule has 1 saturated carbocycles. The van der Waals surface area contributed by atoms with Gasteiger partial charge in [-0.25, -0.2) is 0 Å². The van der Waals surface area contributed by atoms with E-state index in [0.29, 0.717) is 21.9 Å². The Kier molecular flexibility index (Phi) is 1.62. The minimum atomic E-state index is 0.586. The average molecular weight is 256 g/mol. The van der Waals surface area contributed by atoms with E-state index in [1.54, 1.807) is 0 Å². The molecule has 0 unspecified atom stereocenters. The van der Waals surface area contributed by atoms with Crippen molar-refractivity contribution in [2.24, 2.45) is 0 Å². The first-order valence-electron chi connectivity index (χ1n) is 3.21. The van der Waals surface area contributed by atoms with E-state index in [1.807, 2.05) is 0 Å². The fourth-order valence-electron chi connectivity index (χ4n) is 1.33. The maximum absolute atomic E-state index is 5.36. The zero-order valence-electron chi connectivity index (χ0n) is 4.89. The molecule has 0 N–H and O–H groups in total. The molecule has 9 heavy (non-hydrogen) atoms. The lowest BCUT2D eigenvalue weighted by atomic mass is 10.0. The normalized spacial score (nSPS) is 56.7. The van der Waals surface area contributed by atoms with Crippen molar-refractivity contribution in [1.29, 1.82) is 0 Å². The van der Waals surface area contributed by atoms with Gasteiger partial charge in [0.05, 0.1) is 12.2 Å². The Bertz CT molecular complexity index is 114. The summed E-state index contributed by atoms with van der Waals surface area (Å²) >= 11 is 7.19. The van der Waals surface area contributed by atoms with Gasteiger partial charge in [0.25, 0.3) is 0 Å². The predicted molar refractivity (Wildman–Crippen MR) is 43.3 cm³/mol. The predicted octanol–water partition coefficient (Wildman–Crippen LogP) is 2.07. The van der Waals surface area contributed by atoms with Crippen molar-refractivity contribution in [3.8, 4) is 0 Å². The highest BCUT2D eigenvalue weighted by Crippen LogP contribution is 2.41. The van der Waals surface area contributed by atoms with Crippen molar-refractivity contribution in [3.05, 3.63) is 0 Å². The molecule has 2 aliphatic rings. The number of hydrogen-bond donors (Lipinski definition) is 0. The van der Waals surface area contributed by atoms with Gasteiger partial charge >= 0.3 is 0 Å². The van der Waals surface area contributed by atoms with Crippen LogP contribution >= 0.6 is 31.9 Å². The summed E-state index contributed by atoms with van der Waals surface area (Å²) in [6, 6.07) is 0. The zero-order chi connectivity index (χ0) is 6.43. The van der Waals surface area contributed by atoms with Gasteiger partial charge in [-0.2, -0.15) is 0 Å². The summed E-state index contributed by atoms with van der Waals surface area (Å²) in [4.78, 5) is 1.25. The summed E-state index contributed by atoms with van der Waals surface area (Å²) in [6.45, 7) is 0. The van der Waals surface area contributed by atoms with Gasteiger partial charge in [-0.3, -0.25) is 0 Å². The summed E-state index contributed by atoms with van der Waals surface area (Å²) in [5.74, 6) is 0. The molecule has 1 saturated heterocycles. The molecule has 2 rings (SSSR count). The molecule has 4 atom stereocenters. The second-order valence-corrected chi connectivity index (χ2v) is 5.07. The number of halogens is 2. The van der Waals surface area contributed by atoms with Crippen LogP contribution < -0.4 is 0 Å². The van der Waals surface area contributed by atoms with Crippen LogP contribution in [0.3, 0.4) is 0 Å². The van der Waals surface area contributed by atoms with Gasteiger partial charge in [0.15, 0.2) is 0 Å². The third-order valence-electron chi connectivity index (χ3n) is 2.00. The van der Waals surface area contributed by atoms with Crippen LogP contribution in [0.25, 0.3) is 0 Å². The minimum Gasteiger partial charge on any atom is -0.370 e. The second-order valence-electron chi connectivity index (χ2n) is 2.72. The molecular formula is C6H8Br2O. The van der Waals surface area contributed by atoms with Crippen molar-refractivity contribution in [2.75, 3.05) is 0 Å². The second kappa shape index (κ2) is 2.21. The van der Waals surface area contributed by atoms with E-state index in [9.17, 15) is 0 Å². The molecule has 1 nitrogen and oxygen atoms in total. The van der Waals surface area contributed by atoms with Gasteiger partial charge in [-0.1, -0.05) is 31.9 Å². The van der Waals surface area contributed by atoms with Crippen molar-refractivity contribution >= 4 is 31.9 Å². The third-order valence-corrected chi connectivity index (χ3v) is 4.73. The highest BCUT2D eigenvalue weighted by molar-refractivity contribution is 9.12. The van der Waals surface area contributed by atoms with Crippen LogP contribution in [-0.4, -0.2) is 21.9 Å². The molecule has 0 amide bonds. The van der Waals surface area contributed by atoms with Crippen LogP contribution in [0.5, 0.6) is 0 Å². The zero-order valence-corrected chi connectivity index (χ0v) is 8.06. The Morgan fingerprint density at radius 2 is 1.44 bits per heavy atom. The summed E-state index contributed by atoms with van der Waals surface area (Å²) in [7, 11) is 0. The monoisotopic (exact) mass is 254 g/mol. The SMILES string of the molecule is Br[C@@H]1C[C@@H]2O[C@@H]2C[C@H]1Br. The van der Waals surface area contributed by atoms with Gasteiger partial charge in [0, 0.05) is 9.65 Å². The topological polar surface area (TPSA) is 12.5 Å². The number of rotatable bonds is 0. The number of fused-ring (bicyclic) bond motifs is 1. The molecular weight excluding hydrogens is 248 g/mol. The molecule has 2 fully saturated rings. The summed E-state index contributed by atoms with van der Waals surface area (Å²) in [6.07, 6.45) is 3.53. The molecule has 1 heterocycles. The Labute approximate surface area is 71.4 Å². The average Bonchev–Trinajstić information content (AvgIpc) is 2.46. The van der Waals surface area contributed by atoms with E-state index in [1.165, 1.54) is 12.8 Å². The molecule has 0 aromatic rings. The van der Waals surface area contributed by atoms with Crippen LogP contribution in [0.2, 0.25) is 0 Å². The van der Waals surface area contributed by atoms with Crippen molar-refractivity contribution in [2.45, 2.75) is 34.7 Å². The summed E-state index contributed by atoms with van der Waals surface area (Å²) in [5.41, 5.74) is 0. The Hall–Kier alpha value is 0.920. The summed E-state index contributed by atoms with van der Waals surface area (Å²) in [5, 5.41) is 0. The van der Waals surface area contributed by atoms with E-state index in [2.05, 4.69) is 31.9 Å². The van der Waals surface area contributed by atoms with Crippen LogP contribution in [0.1, 0.15) is 12.8 Å². The smallest absolute Gasteiger partial charge is 0.0853 e. The number of ether oxygens (including phenoxy) is 1. The number of epoxide rings is 1. The highest BCUT2D eigenvalue weighted by atomic mass is 79.9. The Morgan fingerprint density at radius 3 is 1.89 bits per heavy atom. The van der Waals surface area contributed by atoms with Gasteiger partial charge in [0.1, 0.15) is 0 Å². The number of hydrogen-bond acceptors (Lipinski definition) is 1. The third kappa shape index (κ3) is 1.19. The first-order chi connectivity index (χ1) is 4.27. The molecule has 1 aliphatic carbocycles. The van der Waals surface area contributed by atoms with E-state index >= 15 is 0 Å². The van der Waals surface area contributed by atoms with Gasteiger partial charge < -0.3 is 4.74 Å². The minimum absolute atomic E-state index is 0.586. The van der Waals surface area contributed by atoms with Gasteiger partial charge in [-0.15, -0.1) is 0 Å². The van der Waals surface area contributed by atoms with Crippen LogP contribution in [0, 0.1) is 0 Å². The first-order valence-corrected chi connectivity index (χ1v) is 5.04. The Balaban J connectivity index is 1.98. The van der Waals surface area contributed by atoms with Crippen molar-refractivity contribution < 1.29 is 4.74 Å². The molecule has 0 aromatic carbocycles. The molecule has 0 bridgehead atoms. The van der Waals surface area contributed by atoms with Gasteiger partial charge in [0.2, 0.25) is 0 Å². The quantitative estimate of drug-likeness (QED) is 0.477. The fraction of sp³-hybridized carbons (Fsp3) is 1.00. The first kappa shape index (κ1) is 6.62. The van der Waals surface area contributed by atoms with Gasteiger partial charge in [-0.05, 0) is 12.8 Å². The summed E-state index contributed by atoms with van der Waals surface area (Å²) < 4.78 is 5.36. The maximum atomic E-state index is 5.36. The van der Waals surface area contributed by atoms with Crippen molar-refractivity contribution in [3.63, 3.8) is 0 Å². The lowest BCUT2D eigenvalue weighted by Gasteiger charge is -2.18. The van der Waals surface area contributed by atoms with Crippen molar-refractivity contribution in [1.82, 2.24) is 0 Å². The molecule has 0 radical (unpaired) electrons. The lowest BCUT2D eigenvalue weighted by Crippen LogP contribution is -2.24. The standard InChI is InChI=1S/C6H8Br2O/c7-3-1-5-6(9-5)2-4(3)8/h3-6H,1-2H2/t3-,4-,5-,6+/m1/s1. The fourth-order valence-corrected chi connectivity index (χ4v) is 2.50.